The molecule has 100 valence electrons. The number of fused-ring (bicyclic) bond motifs is 1. The Balaban J connectivity index is 2.06. The summed E-state index contributed by atoms with van der Waals surface area (Å²) in [7, 11) is 0. The highest BCUT2D eigenvalue weighted by Crippen LogP contribution is 2.25. The highest BCUT2D eigenvalue weighted by atomic mass is 32.2. The summed E-state index contributed by atoms with van der Waals surface area (Å²) in [5, 5.41) is 6.02. The predicted octanol–water partition coefficient (Wildman–Crippen LogP) is 2.50. The molecule has 0 amide bonds. The Bertz CT molecular complexity index is 754. The van der Waals surface area contributed by atoms with Crippen LogP contribution in [0.5, 0.6) is 0 Å². The van der Waals surface area contributed by atoms with Gasteiger partial charge < -0.3 is 0 Å². The standard InChI is InChI=1S/C14H12N4OS/c1-10(19)8-20-14-12-7-17-18(13(12)15-9-16-14)11-5-3-2-4-6-11/h2-7,9H,8H2,1H3. The van der Waals surface area contributed by atoms with E-state index in [9.17, 15) is 4.79 Å². The third-order valence-electron chi connectivity index (χ3n) is 2.74. The normalized spacial score (nSPS) is 10.8. The van der Waals surface area contributed by atoms with Crippen LogP contribution in [0.2, 0.25) is 0 Å². The van der Waals surface area contributed by atoms with Crippen molar-refractivity contribution in [3.05, 3.63) is 42.9 Å². The fourth-order valence-electron chi connectivity index (χ4n) is 1.87. The first-order valence-corrected chi connectivity index (χ1v) is 7.10. The van der Waals surface area contributed by atoms with E-state index in [4.69, 9.17) is 0 Å². The van der Waals surface area contributed by atoms with Crippen LogP contribution in [0.15, 0.2) is 47.9 Å². The van der Waals surface area contributed by atoms with E-state index in [1.54, 1.807) is 17.8 Å². The van der Waals surface area contributed by atoms with Gasteiger partial charge in [0.1, 0.15) is 17.1 Å². The molecule has 6 heteroatoms. The maximum Gasteiger partial charge on any atom is 0.167 e. The number of rotatable bonds is 4. The van der Waals surface area contributed by atoms with E-state index in [2.05, 4.69) is 15.1 Å². The van der Waals surface area contributed by atoms with Crippen molar-refractivity contribution in [1.82, 2.24) is 19.7 Å². The molecule has 1 aromatic carbocycles. The molecule has 3 aromatic rings. The van der Waals surface area contributed by atoms with Crippen molar-refractivity contribution in [3.8, 4) is 5.69 Å². The van der Waals surface area contributed by atoms with Gasteiger partial charge in [-0.1, -0.05) is 30.0 Å². The van der Waals surface area contributed by atoms with Gasteiger partial charge in [-0.3, -0.25) is 4.79 Å². The first-order chi connectivity index (χ1) is 9.75. The zero-order chi connectivity index (χ0) is 13.9. The summed E-state index contributed by atoms with van der Waals surface area (Å²) in [6.07, 6.45) is 3.25. The highest BCUT2D eigenvalue weighted by molar-refractivity contribution is 8.00. The van der Waals surface area contributed by atoms with Gasteiger partial charge in [0.05, 0.1) is 23.0 Å². The lowest BCUT2D eigenvalue weighted by molar-refractivity contribution is -0.114. The molecular formula is C14H12N4OS. The lowest BCUT2D eigenvalue weighted by Crippen LogP contribution is -1.98. The summed E-state index contributed by atoms with van der Waals surface area (Å²) in [6, 6.07) is 9.80. The molecular weight excluding hydrogens is 272 g/mol. The minimum atomic E-state index is 0.122. The first kappa shape index (κ1) is 12.8. The average molecular weight is 284 g/mol. The number of hydrogen-bond donors (Lipinski definition) is 0. The minimum absolute atomic E-state index is 0.122. The van der Waals surface area contributed by atoms with Crippen LogP contribution in [0, 0.1) is 0 Å². The number of nitrogens with zero attached hydrogens (tertiary/aromatic N) is 4. The van der Waals surface area contributed by atoms with Gasteiger partial charge in [0.2, 0.25) is 0 Å². The van der Waals surface area contributed by atoms with Crippen molar-refractivity contribution >= 4 is 28.6 Å². The maximum absolute atomic E-state index is 11.1. The second-order valence-corrected chi connectivity index (χ2v) is 5.26. The van der Waals surface area contributed by atoms with Gasteiger partial charge in [0.15, 0.2) is 5.65 Å². The lowest BCUT2D eigenvalue weighted by Gasteiger charge is -2.03. The Morgan fingerprint density at radius 3 is 2.80 bits per heavy atom. The van der Waals surface area contributed by atoms with Crippen molar-refractivity contribution in [2.45, 2.75) is 11.9 Å². The van der Waals surface area contributed by atoms with Gasteiger partial charge in [-0.15, -0.1) is 0 Å². The van der Waals surface area contributed by atoms with Gasteiger partial charge in [-0.05, 0) is 19.1 Å². The van der Waals surface area contributed by atoms with E-state index in [0.29, 0.717) is 5.75 Å². The number of benzene rings is 1. The molecule has 0 radical (unpaired) electrons. The van der Waals surface area contributed by atoms with Gasteiger partial charge >= 0.3 is 0 Å². The summed E-state index contributed by atoms with van der Waals surface area (Å²) in [6.45, 7) is 1.57. The molecule has 2 aromatic heterocycles. The van der Waals surface area contributed by atoms with E-state index in [1.165, 1.54) is 18.1 Å². The summed E-state index contributed by atoms with van der Waals surface area (Å²) >= 11 is 1.41. The second kappa shape index (κ2) is 5.42. The SMILES string of the molecule is CC(=O)CSc1ncnc2c1cnn2-c1ccccc1. The number of carbonyl (C=O) groups excluding carboxylic acids is 1. The summed E-state index contributed by atoms with van der Waals surface area (Å²) < 4.78 is 1.77. The molecule has 5 nitrogen and oxygen atoms in total. The van der Waals surface area contributed by atoms with Crippen molar-refractivity contribution < 1.29 is 4.79 Å². The molecule has 0 spiro atoms. The number of hydrogen-bond acceptors (Lipinski definition) is 5. The fourth-order valence-corrected chi connectivity index (χ4v) is 2.63. The van der Waals surface area contributed by atoms with Crippen LogP contribution in [0.3, 0.4) is 0 Å². The van der Waals surface area contributed by atoms with Crippen LogP contribution in [0.1, 0.15) is 6.92 Å². The molecule has 0 saturated heterocycles. The van der Waals surface area contributed by atoms with Crippen molar-refractivity contribution in [2.24, 2.45) is 0 Å². The highest BCUT2D eigenvalue weighted by Gasteiger charge is 2.11. The Hall–Kier alpha value is -2.21. The smallest absolute Gasteiger partial charge is 0.167 e. The van der Waals surface area contributed by atoms with Crippen molar-refractivity contribution in [3.63, 3.8) is 0 Å². The van der Waals surface area contributed by atoms with Crippen LogP contribution in [-0.4, -0.2) is 31.3 Å². The van der Waals surface area contributed by atoms with E-state index >= 15 is 0 Å². The molecule has 0 unspecified atom stereocenters. The number of aromatic nitrogens is 4. The number of thioether (sulfide) groups is 1. The van der Waals surface area contributed by atoms with E-state index < -0.39 is 0 Å². The molecule has 0 aliphatic heterocycles. The van der Waals surface area contributed by atoms with Crippen LogP contribution in [-0.2, 0) is 4.79 Å². The third kappa shape index (κ3) is 2.42. The van der Waals surface area contributed by atoms with Crippen LogP contribution >= 0.6 is 11.8 Å². The molecule has 0 atom stereocenters. The average Bonchev–Trinajstić information content (AvgIpc) is 2.90. The molecule has 3 rings (SSSR count). The Morgan fingerprint density at radius 2 is 2.05 bits per heavy atom. The van der Waals surface area contributed by atoms with Gasteiger partial charge in [0, 0.05) is 0 Å². The lowest BCUT2D eigenvalue weighted by atomic mass is 10.3. The molecule has 0 saturated carbocycles. The first-order valence-electron chi connectivity index (χ1n) is 6.12. The molecule has 20 heavy (non-hydrogen) atoms. The quantitative estimate of drug-likeness (QED) is 0.544. The number of carbonyl (C=O) groups is 1. The van der Waals surface area contributed by atoms with Gasteiger partial charge in [0.25, 0.3) is 0 Å². The molecule has 0 fully saturated rings. The Morgan fingerprint density at radius 1 is 1.25 bits per heavy atom. The van der Waals surface area contributed by atoms with Gasteiger partial charge in [-0.25, -0.2) is 14.6 Å². The zero-order valence-electron chi connectivity index (χ0n) is 10.9. The van der Waals surface area contributed by atoms with E-state index in [-0.39, 0.29) is 5.78 Å². The zero-order valence-corrected chi connectivity index (χ0v) is 11.7. The largest absolute Gasteiger partial charge is 0.299 e. The molecule has 0 bridgehead atoms. The molecule has 0 aliphatic carbocycles. The fraction of sp³-hybridized carbons (Fsp3) is 0.143. The minimum Gasteiger partial charge on any atom is -0.299 e. The van der Waals surface area contributed by atoms with E-state index in [0.717, 1.165) is 21.7 Å². The monoisotopic (exact) mass is 284 g/mol. The topological polar surface area (TPSA) is 60.7 Å². The second-order valence-electron chi connectivity index (χ2n) is 4.30. The number of ketones is 1. The van der Waals surface area contributed by atoms with Crippen LogP contribution in [0.25, 0.3) is 16.7 Å². The third-order valence-corrected chi connectivity index (χ3v) is 3.89. The molecule has 2 heterocycles. The summed E-state index contributed by atoms with van der Waals surface area (Å²) in [5.74, 6) is 0.528. The Kier molecular flexibility index (Phi) is 3.47. The number of Topliss-reactive ketones (excluding diaryl/α,β-unsaturated/α-hetero) is 1. The van der Waals surface area contributed by atoms with Crippen LogP contribution < -0.4 is 0 Å². The molecule has 0 aliphatic rings. The van der Waals surface area contributed by atoms with Gasteiger partial charge in [-0.2, -0.15) is 5.10 Å². The summed E-state index contributed by atoms with van der Waals surface area (Å²) in [4.78, 5) is 19.6. The van der Waals surface area contributed by atoms with Crippen molar-refractivity contribution in [2.75, 3.05) is 5.75 Å². The summed E-state index contributed by atoms with van der Waals surface area (Å²) in [5.41, 5.74) is 1.70. The number of para-hydroxylation sites is 1. The maximum atomic E-state index is 11.1. The van der Waals surface area contributed by atoms with Crippen molar-refractivity contribution in [1.29, 1.82) is 0 Å². The van der Waals surface area contributed by atoms with E-state index in [1.807, 2.05) is 30.3 Å². The van der Waals surface area contributed by atoms with Crippen LogP contribution in [0.4, 0.5) is 0 Å². The molecule has 0 N–H and O–H groups in total. The predicted molar refractivity (Wildman–Crippen MR) is 78.1 cm³/mol. The Labute approximate surface area is 120 Å².